The molecule has 0 aromatic heterocycles. The first-order valence-corrected chi connectivity index (χ1v) is 9.57. The number of hydrogen-bond acceptors (Lipinski definition) is 5. The molecular weight excluding hydrogens is 480 g/mol. The highest BCUT2D eigenvalue weighted by Gasteiger charge is 2.12. The smallest absolute Gasteiger partial charge is 0.271 e. The molecule has 0 unspecified atom stereocenters. The average molecular weight is 498 g/mol. The summed E-state index contributed by atoms with van der Waals surface area (Å²) in [6.45, 7) is 5.90. The topological polar surface area (TPSA) is 91.2 Å². The molecule has 0 aliphatic heterocycles. The molecule has 0 bridgehead atoms. The summed E-state index contributed by atoms with van der Waals surface area (Å²) in [4.78, 5) is 12.2. The third kappa shape index (κ3) is 5.33. The van der Waals surface area contributed by atoms with Crippen molar-refractivity contribution >= 4 is 44.0 Å². The summed E-state index contributed by atoms with van der Waals surface area (Å²) in [7, 11) is 0. The fourth-order valence-corrected chi connectivity index (χ4v) is 3.45. The Morgan fingerprint density at radius 1 is 1.22 bits per heavy atom. The Hall–Kier alpha value is -2.32. The maximum absolute atomic E-state index is 12.2. The lowest BCUT2D eigenvalue weighted by Crippen LogP contribution is -2.17. The number of ether oxygens (including phenoxy) is 1. The second-order valence-electron chi connectivity index (χ2n) is 5.44. The lowest BCUT2D eigenvalue weighted by Gasteiger charge is -2.10. The molecule has 0 saturated heterocycles. The largest absolute Gasteiger partial charge is 0.506 e. The van der Waals surface area contributed by atoms with E-state index in [9.17, 15) is 15.0 Å². The molecule has 1 amide bonds. The average Bonchev–Trinajstić information content (AvgIpc) is 2.63. The lowest BCUT2D eigenvalue weighted by atomic mass is 10.1. The van der Waals surface area contributed by atoms with Gasteiger partial charge in [-0.1, -0.05) is 6.08 Å². The summed E-state index contributed by atoms with van der Waals surface area (Å²) in [5.74, 6) is -0.0205. The van der Waals surface area contributed by atoms with E-state index in [1.54, 1.807) is 18.2 Å². The minimum absolute atomic E-state index is 0.0114. The van der Waals surface area contributed by atoms with Crippen LogP contribution < -0.4 is 10.2 Å². The quantitative estimate of drug-likeness (QED) is 0.298. The molecule has 2 aromatic carbocycles. The number of amides is 1. The Balaban J connectivity index is 2.20. The van der Waals surface area contributed by atoms with Crippen LogP contribution in [-0.4, -0.2) is 28.9 Å². The van der Waals surface area contributed by atoms with Crippen molar-refractivity contribution in [1.29, 1.82) is 0 Å². The summed E-state index contributed by atoms with van der Waals surface area (Å²) in [6.07, 6.45) is 3.60. The number of nitrogens with zero attached hydrogens (tertiary/aromatic N) is 1. The zero-order chi connectivity index (χ0) is 20.0. The van der Waals surface area contributed by atoms with E-state index in [-0.39, 0.29) is 11.5 Å². The van der Waals surface area contributed by atoms with E-state index in [4.69, 9.17) is 4.74 Å². The van der Waals surface area contributed by atoms with Gasteiger partial charge in [0.2, 0.25) is 0 Å². The molecule has 6 nitrogen and oxygen atoms in total. The summed E-state index contributed by atoms with van der Waals surface area (Å²) >= 11 is 6.36. The first-order valence-electron chi connectivity index (χ1n) is 7.98. The summed E-state index contributed by atoms with van der Waals surface area (Å²) < 4.78 is 6.21. The van der Waals surface area contributed by atoms with E-state index in [0.29, 0.717) is 44.4 Å². The molecule has 0 radical (unpaired) electrons. The summed E-state index contributed by atoms with van der Waals surface area (Å²) in [5, 5.41) is 23.9. The molecule has 0 atom stereocenters. The molecular formula is C19H18Br2N2O4. The highest BCUT2D eigenvalue weighted by Crippen LogP contribution is 2.33. The van der Waals surface area contributed by atoms with Gasteiger partial charge < -0.3 is 14.9 Å². The molecule has 142 valence electrons. The monoisotopic (exact) mass is 496 g/mol. The van der Waals surface area contributed by atoms with Crippen LogP contribution in [0.25, 0.3) is 0 Å². The Labute approximate surface area is 173 Å². The second kappa shape index (κ2) is 9.57. The number of phenolic OH excluding ortho intramolecular Hbond substituents is 2. The van der Waals surface area contributed by atoms with Gasteiger partial charge in [-0.25, -0.2) is 5.43 Å². The predicted molar refractivity (Wildman–Crippen MR) is 112 cm³/mol. The van der Waals surface area contributed by atoms with Gasteiger partial charge in [0, 0.05) is 11.1 Å². The van der Waals surface area contributed by atoms with Gasteiger partial charge in [-0.15, -0.1) is 6.58 Å². The van der Waals surface area contributed by atoms with Crippen LogP contribution in [0.3, 0.4) is 0 Å². The van der Waals surface area contributed by atoms with Crippen molar-refractivity contribution < 1.29 is 19.7 Å². The third-order valence-electron chi connectivity index (χ3n) is 3.50. The van der Waals surface area contributed by atoms with Crippen LogP contribution in [0.2, 0.25) is 0 Å². The van der Waals surface area contributed by atoms with Crippen molar-refractivity contribution in [3.8, 4) is 17.2 Å². The van der Waals surface area contributed by atoms with Gasteiger partial charge >= 0.3 is 0 Å². The molecule has 0 aliphatic rings. The first-order chi connectivity index (χ1) is 12.9. The molecule has 2 aromatic rings. The number of hydrogen-bond donors (Lipinski definition) is 3. The summed E-state index contributed by atoms with van der Waals surface area (Å²) in [5.41, 5.74) is 4.04. The van der Waals surface area contributed by atoms with E-state index in [0.717, 1.165) is 0 Å². The number of carbonyl (C=O) groups is 1. The van der Waals surface area contributed by atoms with Crippen LogP contribution in [0.15, 0.2) is 51.0 Å². The van der Waals surface area contributed by atoms with Crippen molar-refractivity contribution in [3.63, 3.8) is 0 Å². The Kier molecular flexibility index (Phi) is 7.44. The number of phenols is 2. The normalized spacial score (nSPS) is 10.8. The molecule has 0 fully saturated rings. The molecule has 0 saturated carbocycles. The molecule has 2 rings (SSSR count). The number of rotatable bonds is 7. The van der Waals surface area contributed by atoms with Crippen LogP contribution in [0.1, 0.15) is 28.4 Å². The molecule has 0 heterocycles. The van der Waals surface area contributed by atoms with Gasteiger partial charge in [0.05, 0.1) is 21.8 Å². The van der Waals surface area contributed by atoms with Gasteiger partial charge in [0.25, 0.3) is 5.91 Å². The zero-order valence-electron chi connectivity index (χ0n) is 14.5. The van der Waals surface area contributed by atoms with Crippen LogP contribution in [0.5, 0.6) is 17.2 Å². The molecule has 0 spiro atoms. The van der Waals surface area contributed by atoms with Crippen molar-refractivity contribution in [2.24, 2.45) is 5.10 Å². The van der Waals surface area contributed by atoms with Gasteiger partial charge in [-0.05, 0) is 75.0 Å². The maximum atomic E-state index is 12.2. The van der Waals surface area contributed by atoms with Gasteiger partial charge in [-0.2, -0.15) is 5.10 Å². The number of halogens is 2. The second-order valence-corrected chi connectivity index (χ2v) is 7.15. The highest BCUT2D eigenvalue weighted by atomic mass is 79.9. The van der Waals surface area contributed by atoms with Gasteiger partial charge in [0.1, 0.15) is 5.75 Å². The fraction of sp³-hybridized carbons (Fsp3) is 0.158. The van der Waals surface area contributed by atoms with Crippen LogP contribution >= 0.6 is 31.9 Å². The number of hydrazone groups is 1. The number of allylic oxidation sites excluding steroid dienone is 1. The van der Waals surface area contributed by atoms with Crippen molar-refractivity contribution in [2.75, 3.05) is 6.61 Å². The van der Waals surface area contributed by atoms with Crippen LogP contribution in [-0.2, 0) is 6.42 Å². The lowest BCUT2D eigenvalue weighted by molar-refractivity contribution is 0.0955. The summed E-state index contributed by atoms with van der Waals surface area (Å²) in [6, 6.07) is 6.35. The zero-order valence-corrected chi connectivity index (χ0v) is 17.7. The van der Waals surface area contributed by atoms with Crippen LogP contribution in [0.4, 0.5) is 0 Å². The SMILES string of the molecule is C=CCc1cc(/C=N\NC(=O)c2cc(Br)c(O)c(Br)c2)cc(OCC)c1O. The molecule has 8 heteroatoms. The van der Waals surface area contributed by atoms with Crippen molar-refractivity contribution in [1.82, 2.24) is 5.43 Å². The maximum Gasteiger partial charge on any atom is 0.271 e. The molecule has 0 aliphatic carbocycles. The van der Waals surface area contributed by atoms with E-state index < -0.39 is 5.91 Å². The van der Waals surface area contributed by atoms with E-state index in [2.05, 4.69) is 49.0 Å². The van der Waals surface area contributed by atoms with Crippen molar-refractivity contribution in [3.05, 3.63) is 62.6 Å². The highest BCUT2D eigenvalue weighted by molar-refractivity contribution is 9.11. The number of nitrogens with one attached hydrogen (secondary N) is 1. The first kappa shape index (κ1) is 21.0. The Morgan fingerprint density at radius 3 is 2.48 bits per heavy atom. The number of aromatic hydroxyl groups is 2. The van der Waals surface area contributed by atoms with E-state index >= 15 is 0 Å². The number of carbonyl (C=O) groups excluding carboxylic acids is 1. The predicted octanol–water partition coefficient (Wildman–Crippen LogP) is 4.51. The van der Waals surface area contributed by atoms with Crippen LogP contribution in [0, 0.1) is 0 Å². The minimum Gasteiger partial charge on any atom is -0.506 e. The molecule has 27 heavy (non-hydrogen) atoms. The van der Waals surface area contributed by atoms with Gasteiger partial charge in [-0.3, -0.25) is 4.79 Å². The Bertz CT molecular complexity index is 875. The third-order valence-corrected chi connectivity index (χ3v) is 4.71. The standard InChI is InChI=1S/C19H18Br2N2O4/c1-3-5-12-6-11(7-16(17(12)24)27-4-2)10-22-23-19(26)13-8-14(20)18(25)15(21)9-13/h3,6-10,24-25H,1,4-5H2,2H3,(H,23,26)/b22-10-. The number of benzene rings is 2. The fourth-order valence-electron chi connectivity index (χ4n) is 2.27. The van der Waals surface area contributed by atoms with E-state index in [1.807, 2.05) is 6.92 Å². The Morgan fingerprint density at radius 2 is 1.89 bits per heavy atom. The molecule has 3 N–H and O–H groups in total. The van der Waals surface area contributed by atoms with Gasteiger partial charge in [0.15, 0.2) is 11.5 Å². The minimum atomic E-state index is -0.442. The van der Waals surface area contributed by atoms with Crippen molar-refractivity contribution in [2.45, 2.75) is 13.3 Å². The van der Waals surface area contributed by atoms with E-state index in [1.165, 1.54) is 18.3 Å².